The van der Waals surface area contributed by atoms with Crippen LogP contribution >= 0.6 is 11.8 Å². The molecule has 1 saturated heterocycles. The largest absolute Gasteiger partial charge is 0.496 e. The molecule has 0 saturated carbocycles. The summed E-state index contributed by atoms with van der Waals surface area (Å²) in [6.07, 6.45) is 2.34. The Hall–Kier alpha value is -2.51. The van der Waals surface area contributed by atoms with E-state index >= 15 is 0 Å². The van der Waals surface area contributed by atoms with Crippen molar-refractivity contribution in [2.24, 2.45) is 0 Å². The van der Waals surface area contributed by atoms with E-state index in [9.17, 15) is 9.59 Å². The summed E-state index contributed by atoms with van der Waals surface area (Å²) in [4.78, 5) is 27.4. The van der Waals surface area contributed by atoms with Crippen LogP contribution in [0.1, 0.15) is 36.9 Å². The molecule has 1 heterocycles. The van der Waals surface area contributed by atoms with Crippen molar-refractivity contribution in [1.82, 2.24) is 10.2 Å². The van der Waals surface area contributed by atoms with E-state index in [0.717, 1.165) is 35.7 Å². The van der Waals surface area contributed by atoms with Crippen LogP contribution in [0.25, 0.3) is 0 Å². The summed E-state index contributed by atoms with van der Waals surface area (Å²) in [7, 11) is 1.68. The van der Waals surface area contributed by atoms with Crippen molar-refractivity contribution in [2.75, 3.05) is 37.8 Å². The van der Waals surface area contributed by atoms with Crippen LogP contribution in [-0.2, 0) is 9.59 Å². The average molecular weight is 456 g/mol. The van der Waals surface area contributed by atoms with Crippen molar-refractivity contribution in [1.29, 1.82) is 0 Å². The second kappa shape index (κ2) is 11.9. The molecular weight excluding hydrogens is 422 g/mol. The quantitative estimate of drug-likeness (QED) is 0.566. The van der Waals surface area contributed by atoms with Gasteiger partial charge in [-0.05, 0) is 58.0 Å². The minimum atomic E-state index is -0.323. The molecule has 2 atom stereocenters. The maximum Gasteiger partial charge on any atom is 0.234 e. The summed E-state index contributed by atoms with van der Waals surface area (Å²) in [6.45, 7) is 6.39. The van der Waals surface area contributed by atoms with Gasteiger partial charge in [0.25, 0.3) is 0 Å². The zero-order valence-corrected chi connectivity index (χ0v) is 19.9. The second-order valence-corrected chi connectivity index (χ2v) is 9.44. The number of anilines is 1. The number of amides is 2. The first-order valence-corrected chi connectivity index (χ1v) is 12.2. The van der Waals surface area contributed by atoms with Gasteiger partial charge in [-0.25, -0.2) is 0 Å². The van der Waals surface area contributed by atoms with Gasteiger partial charge in [0.2, 0.25) is 11.8 Å². The third-order valence-corrected chi connectivity index (χ3v) is 6.86. The lowest BCUT2D eigenvalue weighted by molar-refractivity contribution is -0.120. The van der Waals surface area contributed by atoms with Crippen LogP contribution in [0, 0.1) is 6.92 Å². The van der Waals surface area contributed by atoms with Gasteiger partial charge in [0.05, 0.1) is 24.2 Å². The standard InChI is InChI=1S/C25H33N3O3S/c1-18-10-12-20(13-11-18)27-24(29)17-32-19(2)25(30)26-16-22(28-14-6-7-15-28)21-8-4-5-9-23(21)31-3/h4-5,8-13,19,22H,6-7,14-17H2,1-3H3,(H,26,30)(H,27,29). The van der Waals surface area contributed by atoms with Crippen LogP contribution in [0.5, 0.6) is 5.75 Å². The molecule has 0 bridgehead atoms. The van der Waals surface area contributed by atoms with Gasteiger partial charge < -0.3 is 15.4 Å². The fraction of sp³-hybridized carbons (Fsp3) is 0.440. The van der Waals surface area contributed by atoms with Crippen molar-refractivity contribution in [3.63, 3.8) is 0 Å². The summed E-state index contributed by atoms with van der Waals surface area (Å²) in [5.74, 6) is 0.901. The molecule has 6 nitrogen and oxygen atoms in total. The first kappa shape index (κ1) is 24.1. The van der Waals surface area contributed by atoms with Crippen molar-refractivity contribution in [2.45, 2.75) is 38.0 Å². The molecule has 2 unspecified atom stereocenters. The van der Waals surface area contributed by atoms with Crippen LogP contribution in [0.3, 0.4) is 0 Å². The van der Waals surface area contributed by atoms with Crippen LogP contribution in [0.15, 0.2) is 48.5 Å². The van der Waals surface area contributed by atoms with Gasteiger partial charge in [0.15, 0.2) is 0 Å². The number of carbonyl (C=O) groups is 2. The topological polar surface area (TPSA) is 70.7 Å². The summed E-state index contributed by atoms with van der Waals surface area (Å²) in [5.41, 5.74) is 3.00. The van der Waals surface area contributed by atoms with Crippen LogP contribution in [0.2, 0.25) is 0 Å². The van der Waals surface area contributed by atoms with E-state index in [4.69, 9.17) is 4.74 Å². The minimum absolute atomic E-state index is 0.0581. The lowest BCUT2D eigenvalue weighted by Crippen LogP contribution is -2.40. The summed E-state index contributed by atoms with van der Waals surface area (Å²) < 4.78 is 5.57. The zero-order chi connectivity index (χ0) is 22.9. The Morgan fingerprint density at radius 2 is 1.78 bits per heavy atom. The average Bonchev–Trinajstić information content (AvgIpc) is 3.34. The molecule has 32 heavy (non-hydrogen) atoms. The fourth-order valence-electron chi connectivity index (χ4n) is 3.88. The van der Waals surface area contributed by atoms with E-state index in [2.05, 4.69) is 21.6 Å². The Morgan fingerprint density at radius 3 is 2.47 bits per heavy atom. The SMILES string of the molecule is COc1ccccc1C(CNC(=O)C(C)SCC(=O)Nc1ccc(C)cc1)N1CCCC1. The Balaban J connectivity index is 1.52. The van der Waals surface area contributed by atoms with Crippen LogP contribution in [0.4, 0.5) is 5.69 Å². The number of likely N-dealkylation sites (tertiary alicyclic amines) is 1. The van der Waals surface area contributed by atoms with Crippen LogP contribution < -0.4 is 15.4 Å². The van der Waals surface area contributed by atoms with E-state index in [0.29, 0.717) is 6.54 Å². The lowest BCUT2D eigenvalue weighted by Gasteiger charge is -2.29. The Labute approximate surface area is 195 Å². The number of nitrogens with zero attached hydrogens (tertiary/aromatic N) is 1. The highest BCUT2D eigenvalue weighted by atomic mass is 32.2. The summed E-state index contributed by atoms with van der Waals surface area (Å²) in [6, 6.07) is 15.7. The zero-order valence-electron chi connectivity index (χ0n) is 19.1. The maximum absolute atomic E-state index is 12.7. The van der Waals surface area contributed by atoms with E-state index < -0.39 is 0 Å². The molecule has 0 spiro atoms. The normalized spacial score (nSPS) is 15.7. The maximum atomic E-state index is 12.7. The molecule has 2 aromatic rings. The highest BCUT2D eigenvalue weighted by Crippen LogP contribution is 2.31. The number of rotatable bonds is 10. The Bertz CT molecular complexity index is 898. The van der Waals surface area contributed by atoms with Crippen molar-refractivity contribution < 1.29 is 14.3 Å². The smallest absolute Gasteiger partial charge is 0.234 e. The first-order chi connectivity index (χ1) is 15.5. The highest BCUT2D eigenvalue weighted by molar-refractivity contribution is 8.01. The molecule has 172 valence electrons. The van der Waals surface area contributed by atoms with Gasteiger partial charge in [-0.3, -0.25) is 14.5 Å². The Kier molecular flexibility index (Phi) is 9.00. The van der Waals surface area contributed by atoms with Crippen molar-refractivity contribution >= 4 is 29.3 Å². The molecule has 3 rings (SSSR count). The summed E-state index contributed by atoms with van der Waals surface area (Å²) in [5, 5.41) is 5.65. The van der Waals surface area contributed by atoms with Crippen molar-refractivity contribution in [3.8, 4) is 5.75 Å². The molecule has 2 amide bonds. The first-order valence-electron chi connectivity index (χ1n) is 11.1. The molecule has 0 radical (unpaired) electrons. The number of hydrogen-bond acceptors (Lipinski definition) is 5. The highest BCUT2D eigenvalue weighted by Gasteiger charge is 2.27. The van der Waals surface area contributed by atoms with Gasteiger partial charge in [0, 0.05) is 17.8 Å². The van der Waals surface area contributed by atoms with Gasteiger partial charge in [-0.15, -0.1) is 11.8 Å². The number of carbonyl (C=O) groups excluding carboxylic acids is 2. The second-order valence-electron chi connectivity index (χ2n) is 8.11. The number of benzene rings is 2. The third kappa shape index (κ3) is 6.74. The molecule has 2 N–H and O–H groups in total. The molecular formula is C25H33N3O3S. The van der Waals surface area contributed by atoms with E-state index in [-0.39, 0.29) is 28.9 Å². The molecule has 7 heteroatoms. The number of para-hydroxylation sites is 1. The number of hydrogen-bond donors (Lipinski definition) is 2. The van der Waals surface area contributed by atoms with E-state index in [1.54, 1.807) is 7.11 Å². The predicted molar refractivity (Wildman–Crippen MR) is 131 cm³/mol. The molecule has 1 aliphatic rings. The minimum Gasteiger partial charge on any atom is -0.496 e. The van der Waals surface area contributed by atoms with E-state index in [1.165, 1.54) is 24.6 Å². The van der Waals surface area contributed by atoms with Crippen molar-refractivity contribution in [3.05, 3.63) is 59.7 Å². The van der Waals surface area contributed by atoms with Gasteiger partial charge in [-0.1, -0.05) is 35.9 Å². The molecule has 0 aromatic heterocycles. The van der Waals surface area contributed by atoms with Gasteiger partial charge >= 0.3 is 0 Å². The van der Waals surface area contributed by atoms with E-state index in [1.807, 2.05) is 56.3 Å². The number of aryl methyl sites for hydroxylation is 1. The monoisotopic (exact) mass is 455 g/mol. The number of methoxy groups -OCH3 is 1. The lowest BCUT2D eigenvalue weighted by atomic mass is 10.0. The number of nitrogens with one attached hydrogen (secondary N) is 2. The molecule has 2 aromatic carbocycles. The third-order valence-electron chi connectivity index (χ3n) is 5.72. The fourth-order valence-corrected chi connectivity index (χ4v) is 4.59. The number of ether oxygens (including phenoxy) is 1. The predicted octanol–water partition coefficient (Wildman–Crippen LogP) is 4.02. The van der Waals surface area contributed by atoms with Gasteiger partial charge in [-0.2, -0.15) is 0 Å². The molecule has 0 aliphatic carbocycles. The van der Waals surface area contributed by atoms with Gasteiger partial charge in [0.1, 0.15) is 5.75 Å². The molecule has 1 fully saturated rings. The number of thioether (sulfide) groups is 1. The Morgan fingerprint density at radius 1 is 1.09 bits per heavy atom. The van der Waals surface area contributed by atoms with Crippen LogP contribution in [-0.4, -0.2) is 54.5 Å². The molecule has 1 aliphatic heterocycles. The summed E-state index contributed by atoms with van der Waals surface area (Å²) >= 11 is 1.34.